The van der Waals surface area contributed by atoms with Gasteiger partial charge in [-0.1, -0.05) is 12.1 Å². The van der Waals surface area contributed by atoms with Crippen molar-refractivity contribution in [2.45, 2.75) is 46.3 Å². The second-order valence-electron chi connectivity index (χ2n) is 5.51. The van der Waals surface area contributed by atoms with Crippen LogP contribution >= 0.6 is 0 Å². The first kappa shape index (κ1) is 14.7. The molecule has 3 rings (SSSR count). The molecule has 22 heavy (non-hydrogen) atoms. The van der Waals surface area contributed by atoms with Crippen LogP contribution in [0.5, 0.6) is 0 Å². The van der Waals surface area contributed by atoms with Crippen LogP contribution in [0.3, 0.4) is 0 Å². The van der Waals surface area contributed by atoms with Crippen molar-refractivity contribution in [2.75, 3.05) is 11.9 Å². The lowest BCUT2D eigenvalue weighted by Crippen LogP contribution is -2.46. The van der Waals surface area contributed by atoms with Crippen molar-refractivity contribution in [3.63, 3.8) is 0 Å². The number of anilines is 1. The Morgan fingerprint density at radius 1 is 1.45 bits per heavy atom. The molecule has 0 bridgehead atoms. The van der Waals surface area contributed by atoms with E-state index in [1.54, 1.807) is 6.07 Å². The van der Waals surface area contributed by atoms with Gasteiger partial charge in [-0.25, -0.2) is 0 Å². The molecular formula is C14H20N6O2. The zero-order chi connectivity index (χ0) is 15.7. The number of nitrogens with zero attached hydrogens (tertiary/aromatic N) is 5. The van der Waals surface area contributed by atoms with E-state index in [9.17, 15) is 4.79 Å². The predicted molar refractivity (Wildman–Crippen MR) is 79.1 cm³/mol. The van der Waals surface area contributed by atoms with Crippen molar-refractivity contribution in [1.29, 1.82) is 0 Å². The fraction of sp³-hybridized carbons (Fsp3) is 0.571. The molecule has 1 aliphatic rings. The Bertz CT molecular complexity index is 677. The van der Waals surface area contributed by atoms with Crippen LogP contribution in [0, 0.1) is 6.92 Å². The van der Waals surface area contributed by atoms with E-state index in [1.165, 1.54) is 0 Å². The minimum absolute atomic E-state index is 0.111. The average molecular weight is 304 g/mol. The van der Waals surface area contributed by atoms with Crippen molar-refractivity contribution >= 4 is 11.8 Å². The number of carbonyl (C=O) groups excluding carboxylic acids is 1. The van der Waals surface area contributed by atoms with E-state index in [0.717, 1.165) is 36.9 Å². The van der Waals surface area contributed by atoms with Crippen LogP contribution in [-0.4, -0.2) is 43.3 Å². The number of carbonyl (C=O) groups is 1. The fourth-order valence-electron chi connectivity index (χ4n) is 2.64. The molecule has 8 nitrogen and oxygen atoms in total. The van der Waals surface area contributed by atoms with Gasteiger partial charge in [-0.15, -0.1) is 10.2 Å². The van der Waals surface area contributed by atoms with Crippen LogP contribution in [0.4, 0.5) is 5.88 Å². The van der Waals surface area contributed by atoms with E-state index >= 15 is 0 Å². The molecule has 0 saturated heterocycles. The highest BCUT2D eigenvalue weighted by molar-refractivity contribution is 5.93. The Kier molecular flexibility index (Phi) is 3.93. The maximum absolute atomic E-state index is 12.3. The maximum atomic E-state index is 12.3. The summed E-state index contributed by atoms with van der Waals surface area (Å²) in [5.74, 6) is 2.18. The van der Waals surface area contributed by atoms with Crippen molar-refractivity contribution in [1.82, 2.24) is 24.8 Å². The summed E-state index contributed by atoms with van der Waals surface area (Å²) < 4.78 is 7.16. The number of rotatable bonds is 4. The lowest BCUT2D eigenvalue weighted by molar-refractivity contribution is -0.121. The van der Waals surface area contributed by atoms with Crippen LogP contribution in [0.2, 0.25) is 0 Å². The number of hydrogen-bond acceptors (Lipinski definition) is 6. The van der Waals surface area contributed by atoms with Crippen molar-refractivity contribution in [3.8, 4) is 0 Å². The summed E-state index contributed by atoms with van der Waals surface area (Å²) in [5, 5.41) is 14.9. The molecular weight excluding hydrogens is 284 g/mol. The molecule has 0 aliphatic carbocycles. The van der Waals surface area contributed by atoms with Gasteiger partial charge in [-0.2, -0.15) is 0 Å². The van der Waals surface area contributed by atoms with E-state index in [0.29, 0.717) is 12.4 Å². The Morgan fingerprint density at radius 2 is 2.27 bits per heavy atom. The number of aromatic nitrogens is 4. The number of fused-ring (bicyclic) bond motifs is 1. The summed E-state index contributed by atoms with van der Waals surface area (Å²) >= 11 is 0. The molecule has 1 aliphatic heterocycles. The third-order valence-electron chi connectivity index (χ3n) is 3.98. The molecule has 2 aromatic heterocycles. The van der Waals surface area contributed by atoms with Gasteiger partial charge >= 0.3 is 0 Å². The first-order valence-corrected chi connectivity index (χ1v) is 7.47. The lowest BCUT2D eigenvalue weighted by atomic mass is 10.2. The van der Waals surface area contributed by atoms with E-state index in [2.05, 4.69) is 37.1 Å². The number of aryl methyl sites for hydroxylation is 2. The second kappa shape index (κ2) is 5.88. The van der Waals surface area contributed by atoms with Crippen LogP contribution in [0.25, 0.3) is 0 Å². The molecule has 1 N–H and O–H groups in total. The molecule has 0 saturated carbocycles. The molecule has 0 aromatic carbocycles. The Hall–Kier alpha value is -2.22. The molecule has 1 amide bonds. The van der Waals surface area contributed by atoms with Gasteiger partial charge in [0.2, 0.25) is 11.8 Å². The second-order valence-corrected chi connectivity index (χ2v) is 5.51. The molecule has 0 radical (unpaired) electrons. The minimum Gasteiger partial charge on any atom is -0.338 e. The molecule has 3 heterocycles. The average Bonchev–Trinajstić information content (AvgIpc) is 3.11. The van der Waals surface area contributed by atoms with Gasteiger partial charge in [-0.05, 0) is 13.8 Å². The topological polar surface area (TPSA) is 89.1 Å². The molecule has 1 unspecified atom stereocenters. The highest BCUT2D eigenvalue weighted by Gasteiger charge is 2.28. The molecule has 0 spiro atoms. The first-order valence-electron chi connectivity index (χ1n) is 7.47. The summed E-state index contributed by atoms with van der Waals surface area (Å²) in [4.78, 5) is 14.4. The van der Waals surface area contributed by atoms with Gasteiger partial charge in [0.25, 0.3) is 0 Å². The first-order chi connectivity index (χ1) is 10.6. The van der Waals surface area contributed by atoms with Gasteiger partial charge < -0.3 is 9.09 Å². The normalized spacial score (nSPS) is 16.3. The highest BCUT2D eigenvalue weighted by Crippen LogP contribution is 2.16. The van der Waals surface area contributed by atoms with E-state index < -0.39 is 0 Å². The van der Waals surface area contributed by atoms with Crippen LogP contribution in [0.1, 0.15) is 31.2 Å². The number of hydrogen-bond donors (Lipinski definition) is 1. The molecule has 0 fully saturated rings. The number of nitrogens with one attached hydrogen (secondary N) is 1. The SMILES string of the molecule is CCc1nnc2n1CCN(C(C)C(=O)Nc1cc(C)no1)C2. The van der Waals surface area contributed by atoms with E-state index in [-0.39, 0.29) is 11.9 Å². The molecule has 2 aromatic rings. The van der Waals surface area contributed by atoms with Crippen LogP contribution < -0.4 is 5.32 Å². The standard InChI is InChI=1S/C14H20N6O2/c1-4-11-16-17-12-8-19(5-6-20(11)12)10(3)14(21)15-13-7-9(2)18-22-13/h7,10H,4-6,8H2,1-3H3,(H,15,21). The van der Waals surface area contributed by atoms with Gasteiger partial charge in [0.15, 0.2) is 0 Å². The quantitative estimate of drug-likeness (QED) is 0.905. The zero-order valence-electron chi connectivity index (χ0n) is 13.0. The Balaban J connectivity index is 1.65. The summed E-state index contributed by atoms with van der Waals surface area (Å²) in [6, 6.07) is 1.42. The van der Waals surface area contributed by atoms with Gasteiger partial charge in [0.1, 0.15) is 11.6 Å². The van der Waals surface area contributed by atoms with Gasteiger partial charge in [0.05, 0.1) is 18.3 Å². The lowest BCUT2D eigenvalue weighted by Gasteiger charge is -2.31. The third kappa shape index (κ3) is 2.74. The van der Waals surface area contributed by atoms with Crippen LogP contribution in [-0.2, 0) is 24.3 Å². The van der Waals surface area contributed by atoms with Crippen molar-refractivity contribution in [2.24, 2.45) is 0 Å². The summed E-state index contributed by atoms with van der Waals surface area (Å²) in [7, 11) is 0. The van der Waals surface area contributed by atoms with Crippen molar-refractivity contribution in [3.05, 3.63) is 23.4 Å². The third-order valence-corrected chi connectivity index (χ3v) is 3.98. The molecule has 1 atom stereocenters. The van der Waals surface area contributed by atoms with Gasteiger partial charge in [-0.3, -0.25) is 15.0 Å². The maximum Gasteiger partial charge on any atom is 0.243 e. The molecule has 118 valence electrons. The monoisotopic (exact) mass is 304 g/mol. The van der Waals surface area contributed by atoms with Crippen molar-refractivity contribution < 1.29 is 9.32 Å². The fourth-order valence-corrected chi connectivity index (χ4v) is 2.64. The van der Waals surface area contributed by atoms with E-state index in [1.807, 2.05) is 13.8 Å². The number of amides is 1. The molecule has 8 heteroatoms. The smallest absolute Gasteiger partial charge is 0.243 e. The van der Waals surface area contributed by atoms with Crippen LogP contribution in [0.15, 0.2) is 10.6 Å². The minimum atomic E-state index is -0.277. The highest BCUT2D eigenvalue weighted by atomic mass is 16.5. The van der Waals surface area contributed by atoms with E-state index in [4.69, 9.17) is 4.52 Å². The summed E-state index contributed by atoms with van der Waals surface area (Å²) in [5.41, 5.74) is 0.737. The summed E-state index contributed by atoms with van der Waals surface area (Å²) in [6.07, 6.45) is 0.869. The largest absolute Gasteiger partial charge is 0.338 e. The predicted octanol–water partition coefficient (Wildman–Crippen LogP) is 0.980. The summed E-state index contributed by atoms with van der Waals surface area (Å²) in [6.45, 7) is 7.99. The Labute approximate surface area is 128 Å². The Morgan fingerprint density at radius 3 is 2.95 bits per heavy atom. The van der Waals surface area contributed by atoms with Gasteiger partial charge in [0, 0.05) is 25.6 Å². The zero-order valence-corrected chi connectivity index (χ0v) is 13.0.